The van der Waals surface area contributed by atoms with Crippen molar-refractivity contribution in [2.75, 3.05) is 13.2 Å². The number of H-pyrrole nitrogens is 1. The zero-order valence-corrected chi connectivity index (χ0v) is 13.3. The Bertz CT molecular complexity index is 608. The predicted molar refractivity (Wildman–Crippen MR) is 82.9 cm³/mol. The number of hydrogen-bond acceptors (Lipinski definition) is 5. The molecule has 1 saturated heterocycles. The van der Waals surface area contributed by atoms with Crippen molar-refractivity contribution in [2.45, 2.75) is 52.0 Å². The van der Waals surface area contributed by atoms with Crippen molar-refractivity contribution in [3.05, 3.63) is 32.6 Å². The highest BCUT2D eigenvalue weighted by Gasteiger charge is 2.35. The van der Waals surface area contributed by atoms with Crippen molar-refractivity contribution in [1.82, 2.24) is 14.9 Å². The summed E-state index contributed by atoms with van der Waals surface area (Å²) < 4.78 is 7.16. The molecule has 0 aliphatic carbocycles. The molecule has 0 saturated carbocycles. The van der Waals surface area contributed by atoms with Crippen molar-refractivity contribution < 1.29 is 9.84 Å². The van der Waals surface area contributed by atoms with Crippen LogP contribution in [0.2, 0.25) is 0 Å². The van der Waals surface area contributed by atoms with E-state index in [1.807, 2.05) is 0 Å². The van der Waals surface area contributed by atoms with Gasteiger partial charge in [-0.05, 0) is 25.8 Å². The Balaban J connectivity index is 2.10. The largest absolute Gasteiger partial charge is 0.394 e. The van der Waals surface area contributed by atoms with Crippen LogP contribution < -0.4 is 16.6 Å². The molecule has 2 heterocycles. The molecule has 7 heteroatoms. The van der Waals surface area contributed by atoms with Gasteiger partial charge in [0, 0.05) is 24.2 Å². The van der Waals surface area contributed by atoms with Crippen molar-refractivity contribution in [3.63, 3.8) is 0 Å². The minimum absolute atomic E-state index is 0.00659. The summed E-state index contributed by atoms with van der Waals surface area (Å²) in [5.41, 5.74) is -0.412. The Morgan fingerprint density at radius 3 is 2.86 bits per heavy atom. The molecule has 22 heavy (non-hydrogen) atoms. The van der Waals surface area contributed by atoms with Gasteiger partial charge in [0.05, 0.1) is 12.7 Å². The van der Waals surface area contributed by atoms with Crippen molar-refractivity contribution in [1.29, 1.82) is 0 Å². The van der Waals surface area contributed by atoms with E-state index in [2.05, 4.69) is 24.1 Å². The first-order valence-electron chi connectivity index (χ1n) is 7.74. The second-order valence-corrected chi connectivity index (χ2v) is 6.27. The van der Waals surface area contributed by atoms with E-state index in [9.17, 15) is 14.7 Å². The van der Waals surface area contributed by atoms with E-state index in [0.29, 0.717) is 17.9 Å². The van der Waals surface area contributed by atoms with E-state index in [4.69, 9.17) is 4.74 Å². The number of aromatic amines is 1. The van der Waals surface area contributed by atoms with Gasteiger partial charge < -0.3 is 15.2 Å². The van der Waals surface area contributed by atoms with Crippen LogP contribution in [0.25, 0.3) is 0 Å². The molecule has 124 valence electrons. The van der Waals surface area contributed by atoms with E-state index in [1.54, 1.807) is 6.92 Å². The lowest BCUT2D eigenvalue weighted by atomic mass is 10.1. The van der Waals surface area contributed by atoms with Gasteiger partial charge in [-0.15, -0.1) is 0 Å². The van der Waals surface area contributed by atoms with Gasteiger partial charge in [-0.3, -0.25) is 14.3 Å². The molecule has 0 bridgehead atoms. The minimum Gasteiger partial charge on any atom is -0.394 e. The standard InChI is InChI=1S/C15H25N3O4/c1-9(2)4-5-16-11-6-13(22-12(11)8-19)18-7-10(3)14(20)17-15(18)21/h7,9,11-13,16,19H,4-6,8H2,1-3H3,(H,17,20,21)/t11-,12+,13+/m0/s1. The summed E-state index contributed by atoms with van der Waals surface area (Å²) in [6, 6.07) is -0.00659. The Morgan fingerprint density at radius 2 is 2.23 bits per heavy atom. The zero-order chi connectivity index (χ0) is 16.3. The zero-order valence-electron chi connectivity index (χ0n) is 13.3. The highest BCUT2D eigenvalue weighted by molar-refractivity contribution is 5.02. The number of nitrogens with one attached hydrogen (secondary N) is 2. The van der Waals surface area contributed by atoms with Gasteiger partial charge in [0.1, 0.15) is 6.23 Å². The van der Waals surface area contributed by atoms with Crippen LogP contribution in [0.4, 0.5) is 0 Å². The molecule has 1 aliphatic heterocycles. The maximum atomic E-state index is 11.9. The summed E-state index contributed by atoms with van der Waals surface area (Å²) >= 11 is 0. The highest BCUT2D eigenvalue weighted by atomic mass is 16.5. The van der Waals surface area contributed by atoms with Gasteiger partial charge >= 0.3 is 5.69 Å². The molecule has 3 N–H and O–H groups in total. The van der Waals surface area contributed by atoms with Crippen molar-refractivity contribution >= 4 is 0 Å². The van der Waals surface area contributed by atoms with Crippen LogP contribution in [-0.2, 0) is 4.74 Å². The lowest BCUT2D eigenvalue weighted by molar-refractivity contribution is -0.0291. The van der Waals surface area contributed by atoms with Gasteiger partial charge in [-0.25, -0.2) is 4.79 Å². The molecule has 3 atom stereocenters. The van der Waals surface area contributed by atoms with Crippen LogP contribution in [0, 0.1) is 12.8 Å². The van der Waals surface area contributed by atoms with Gasteiger partial charge in [0.2, 0.25) is 0 Å². The topological polar surface area (TPSA) is 96.3 Å². The molecule has 1 aromatic rings. The molecular weight excluding hydrogens is 286 g/mol. The first-order valence-corrected chi connectivity index (χ1v) is 7.74. The van der Waals surface area contributed by atoms with Gasteiger partial charge in [-0.1, -0.05) is 13.8 Å². The second-order valence-electron chi connectivity index (χ2n) is 6.27. The smallest absolute Gasteiger partial charge is 0.330 e. The summed E-state index contributed by atoms with van der Waals surface area (Å²) in [6.45, 7) is 6.69. The molecule has 0 unspecified atom stereocenters. The lowest BCUT2D eigenvalue weighted by Gasteiger charge is -2.17. The van der Waals surface area contributed by atoms with E-state index in [-0.39, 0.29) is 24.3 Å². The van der Waals surface area contributed by atoms with Crippen molar-refractivity contribution in [2.24, 2.45) is 5.92 Å². The van der Waals surface area contributed by atoms with E-state index >= 15 is 0 Å². The number of nitrogens with zero attached hydrogens (tertiary/aromatic N) is 1. The maximum Gasteiger partial charge on any atom is 0.330 e. The Labute approximate surface area is 129 Å². The molecule has 0 aromatic carbocycles. The van der Waals surface area contributed by atoms with E-state index in [1.165, 1.54) is 10.8 Å². The van der Waals surface area contributed by atoms with Crippen LogP contribution in [0.1, 0.15) is 38.5 Å². The molecular formula is C15H25N3O4. The molecule has 0 spiro atoms. The van der Waals surface area contributed by atoms with Crippen LogP contribution in [0.3, 0.4) is 0 Å². The van der Waals surface area contributed by atoms with Gasteiger partial charge in [0.25, 0.3) is 5.56 Å². The fraction of sp³-hybridized carbons (Fsp3) is 0.733. The number of aliphatic hydroxyl groups excluding tert-OH is 1. The fourth-order valence-electron chi connectivity index (χ4n) is 2.64. The fourth-order valence-corrected chi connectivity index (χ4v) is 2.64. The monoisotopic (exact) mass is 311 g/mol. The van der Waals surface area contributed by atoms with Crippen LogP contribution >= 0.6 is 0 Å². The van der Waals surface area contributed by atoms with Crippen molar-refractivity contribution in [3.8, 4) is 0 Å². The number of aliphatic hydroxyl groups is 1. The maximum absolute atomic E-state index is 11.9. The first kappa shape index (κ1) is 16.9. The lowest BCUT2D eigenvalue weighted by Crippen LogP contribution is -2.39. The Morgan fingerprint density at radius 1 is 1.50 bits per heavy atom. The minimum atomic E-state index is -0.486. The molecule has 1 aliphatic rings. The summed E-state index contributed by atoms with van der Waals surface area (Å²) in [5.74, 6) is 0.600. The van der Waals surface area contributed by atoms with Crippen LogP contribution in [-0.4, -0.2) is 40.0 Å². The number of aryl methyl sites for hydroxylation is 1. The summed E-state index contributed by atoms with van der Waals surface area (Å²) in [5, 5.41) is 12.9. The van der Waals surface area contributed by atoms with Crippen LogP contribution in [0.15, 0.2) is 15.8 Å². The summed E-state index contributed by atoms with van der Waals surface area (Å²) in [4.78, 5) is 25.6. The predicted octanol–water partition coefficient (Wildman–Crippen LogP) is 0.129. The SMILES string of the molecule is Cc1cn([C@H]2C[C@H](NCCC(C)C)[C@@H](CO)O2)c(=O)[nH]c1=O. The molecule has 7 nitrogen and oxygen atoms in total. The second kappa shape index (κ2) is 7.21. The number of rotatable bonds is 6. The highest BCUT2D eigenvalue weighted by Crippen LogP contribution is 2.27. The number of ether oxygens (including phenoxy) is 1. The Kier molecular flexibility index (Phi) is 5.55. The Hall–Kier alpha value is -1.44. The molecule has 1 fully saturated rings. The third-order valence-corrected chi connectivity index (χ3v) is 4.00. The molecule has 2 rings (SSSR count). The summed E-state index contributed by atoms with van der Waals surface area (Å²) in [7, 11) is 0. The molecule has 0 radical (unpaired) electrons. The van der Waals surface area contributed by atoms with E-state index < -0.39 is 11.9 Å². The first-order chi connectivity index (χ1) is 10.4. The van der Waals surface area contributed by atoms with Crippen LogP contribution in [0.5, 0.6) is 0 Å². The average Bonchev–Trinajstić information content (AvgIpc) is 2.85. The van der Waals surface area contributed by atoms with Gasteiger partial charge in [0.15, 0.2) is 0 Å². The summed E-state index contributed by atoms with van der Waals surface area (Å²) in [6.07, 6.45) is 2.30. The van der Waals surface area contributed by atoms with Gasteiger partial charge in [-0.2, -0.15) is 0 Å². The number of aromatic nitrogens is 2. The van der Waals surface area contributed by atoms with E-state index in [0.717, 1.165) is 13.0 Å². The number of hydrogen-bond donors (Lipinski definition) is 3. The third-order valence-electron chi connectivity index (χ3n) is 4.00. The average molecular weight is 311 g/mol. The molecule has 0 amide bonds. The third kappa shape index (κ3) is 3.85. The quantitative estimate of drug-likeness (QED) is 0.694. The normalized spacial score (nSPS) is 25.0. The molecule has 1 aromatic heterocycles.